The summed E-state index contributed by atoms with van der Waals surface area (Å²) in [4.78, 5) is 11.8. The van der Waals surface area contributed by atoms with E-state index in [9.17, 15) is 4.79 Å². The zero-order valence-corrected chi connectivity index (χ0v) is 13.9. The van der Waals surface area contributed by atoms with E-state index in [1.807, 2.05) is 20.8 Å². The molecule has 0 atom stereocenters. The first kappa shape index (κ1) is 16.6. The fourth-order valence-corrected chi connectivity index (χ4v) is 3.91. The molecule has 4 heteroatoms. The molecule has 2 rings (SSSR count). The van der Waals surface area contributed by atoms with E-state index in [1.54, 1.807) is 0 Å². The molecular weight excluding hydrogens is 264 g/mol. The second kappa shape index (κ2) is 6.55. The minimum absolute atomic E-state index is 0.0646. The average molecular weight is 296 g/mol. The number of alkyl carbamates (subject to hydrolysis) is 1. The van der Waals surface area contributed by atoms with Crippen molar-refractivity contribution in [1.29, 1.82) is 0 Å². The number of nitrogens with two attached hydrogens (primary N) is 1. The molecule has 0 aromatic heterocycles. The van der Waals surface area contributed by atoms with Crippen LogP contribution in [-0.4, -0.2) is 23.3 Å². The summed E-state index contributed by atoms with van der Waals surface area (Å²) in [6.45, 7) is 5.68. The molecule has 0 heterocycles. The molecule has 0 radical (unpaired) electrons. The lowest BCUT2D eigenvalue weighted by Gasteiger charge is -2.44. The molecule has 0 unspecified atom stereocenters. The maximum atomic E-state index is 11.8. The monoisotopic (exact) mass is 296 g/mol. The third kappa shape index (κ3) is 4.87. The summed E-state index contributed by atoms with van der Waals surface area (Å²) in [6, 6.07) is 0.253. The molecule has 2 saturated carbocycles. The third-order valence-corrected chi connectivity index (χ3v) is 5.05. The lowest BCUT2D eigenvalue weighted by molar-refractivity contribution is 0.0474. The summed E-state index contributed by atoms with van der Waals surface area (Å²) >= 11 is 0. The number of nitrogens with one attached hydrogen (secondary N) is 1. The lowest BCUT2D eigenvalue weighted by Crippen LogP contribution is -2.51. The van der Waals surface area contributed by atoms with Crippen molar-refractivity contribution in [3.63, 3.8) is 0 Å². The van der Waals surface area contributed by atoms with E-state index in [1.165, 1.54) is 32.1 Å². The number of carbonyl (C=O) groups excluding carboxylic acids is 1. The number of amides is 1. The Morgan fingerprint density at radius 2 is 1.67 bits per heavy atom. The van der Waals surface area contributed by atoms with Gasteiger partial charge in [-0.1, -0.05) is 19.3 Å². The number of rotatable bonds is 2. The first-order chi connectivity index (χ1) is 9.78. The van der Waals surface area contributed by atoms with Crippen molar-refractivity contribution in [2.45, 2.75) is 95.7 Å². The largest absolute Gasteiger partial charge is 0.444 e. The normalized spacial score (nSPS) is 29.7. The van der Waals surface area contributed by atoms with E-state index in [4.69, 9.17) is 10.5 Å². The van der Waals surface area contributed by atoms with Crippen LogP contribution < -0.4 is 11.1 Å². The van der Waals surface area contributed by atoms with Crippen molar-refractivity contribution in [2.75, 3.05) is 0 Å². The molecule has 2 aliphatic carbocycles. The number of hydrogen-bond donors (Lipinski definition) is 2. The van der Waals surface area contributed by atoms with Gasteiger partial charge in [-0.25, -0.2) is 4.79 Å². The maximum absolute atomic E-state index is 11.8. The third-order valence-electron chi connectivity index (χ3n) is 5.05. The first-order valence-electron chi connectivity index (χ1n) is 8.57. The van der Waals surface area contributed by atoms with Gasteiger partial charge in [-0.15, -0.1) is 0 Å². The molecule has 4 nitrogen and oxygen atoms in total. The average Bonchev–Trinajstić information content (AvgIpc) is 2.38. The van der Waals surface area contributed by atoms with Gasteiger partial charge in [-0.3, -0.25) is 0 Å². The summed E-state index contributed by atoms with van der Waals surface area (Å²) in [5.74, 6) is 0.634. The minimum atomic E-state index is -0.426. The van der Waals surface area contributed by atoms with Crippen molar-refractivity contribution in [2.24, 2.45) is 11.7 Å². The Labute approximate surface area is 129 Å². The van der Waals surface area contributed by atoms with E-state index in [0.717, 1.165) is 25.7 Å². The van der Waals surface area contributed by atoms with Gasteiger partial charge >= 0.3 is 6.09 Å². The van der Waals surface area contributed by atoms with E-state index in [-0.39, 0.29) is 17.7 Å². The first-order valence-corrected chi connectivity index (χ1v) is 8.57. The van der Waals surface area contributed by atoms with Crippen molar-refractivity contribution in [3.05, 3.63) is 0 Å². The van der Waals surface area contributed by atoms with Gasteiger partial charge in [0.1, 0.15) is 5.60 Å². The molecule has 0 saturated heterocycles. The SMILES string of the molecule is CC(C)(C)OC(=O)NC1CCC(C2(N)CCCCC2)CC1. The van der Waals surface area contributed by atoms with Gasteiger partial charge < -0.3 is 15.8 Å². The predicted molar refractivity (Wildman–Crippen MR) is 85.1 cm³/mol. The van der Waals surface area contributed by atoms with Crippen molar-refractivity contribution >= 4 is 6.09 Å². The summed E-state index contributed by atoms with van der Waals surface area (Å²) < 4.78 is 5.33. The van der Waals surface area contributed by atoms with Crippen LogP contribution in [0, 0.1) is 5.92 Å². The fourth-order valence-electron chi connectivity index (χ4n) is 3.91. The van der Waals surface area contributed by atoms with Gasteiger partial charge in [0.05, 0.1) is 0 Å². The molecule has 0 bridgehead atoms. The number of hydrogen-bond acceptors (Lipinski definition) is 3. The second-order valence-electron chi connectivity index (χ2n) is 7.99. The highest BCUT2D eigenvalue weighted by atomic mass is 16.6. The molecule has 0 spiro atoms. The van der Waals surface area contributed by atoms with E-state index in [0.29, 0.717) is 5.92 Å². The van der Waals surface area contributed by atoms with E-state index < -0.39 is 5.60 Å². The van der Waals surface area contributed by atoms with Gasteiger partial charge in [-0.2, -0.15) is 0 Å². The molecule has 0 aliphatic heterocycles. The van der Waals surface area contributed by atoms with Gasteiger partial charge in [0.15, 0.2) is 0 Å². The Morgan fingerprint density at radius 3 is 2.19 bits per heavy atom. The summed E-state index contributed by atoms with van der Waals surface area (Å²) in [5, 5.41) is 3.01. The zero-order chi connectivity index (χ0) is 15.5. The molecule has 21 heavy (non-hydrogen) atoms. The minimum Gasteiger partial charge on any atom is -0.444 e. The standard InChI is InChI=1S/C17H32N2O2/c1-16(2,3)21-15(20)19-14-9-7-13(8-10-14)17(18)11-5-4-6-12-17/h13-14H,4-12,18H2,1-3H3,(H,19,20). The zero-order valence-electron chi connectivity index (χ0n) is 13.9. The Balaban J connectivity index is 1.76. The number of carbonyl (C=O) groups is 1. The number of ether oxygens (including phenoxy) is 1. The van der Waals surface area contributed by atoms with Crippen LogP contribution >= 0.6 is 0 Å². The molecule has 2 fully saturated rings. The van der Waals surface area contributed by atoms with Gasteiger partial charge in [0.25, 0.3) is 0 Å². The van der Waals surface area contributed by atoms with Crippen LogP contribution in [0.5, 0.6) is 0 Å². The summed E-state index contributed by atoms with van der Waals surface area (Å²) in [5.41, 5.74) is 6.29. The lowest BCUT2D eigenvalue weighted by atomic mass is 9.67. The van der Waals surface area contributed by atoms with Crippen LogP contribution in [0.2, 0.25) is 0 Å². The van der Waals surface area contributed by atoms with Crippen molar-refractivity contribution in [3.8, 4) is 0 Å². The van der Waals surface area contributed by atoms with Gasteiger partial charge in [0, 0.05) is 11.6 Å². The van der Waals surface area contributed by atoms with Crippen LogP contribution in [0.25, 0.3) is 0 Å². The van der Waals surface area contributed by atoms with E-state index in [2.05, 4.69) is 5.32 Å². The van der Waals surface area contributed by atoms with Crippen LogP contribution in [0.1, 0.15) is 78.6 Å². The maximum Gasteiger partial charge on any atom is 0.407 e. The quantitative estimate of drug-likeness (QED) is 0.816. The Morgan fingerprint density at radius 1 is 1.10 bits per heavy atom. The molecular formula is C17H32N2O2. The van der Waals surface area contributed by atoms with Crippen LogP contribution in [0.15, 0.2) is 0 Å². The van der Waals surface area contributed by atoms with Crippen molar-refractivity contribution < 1.29 is 9.53 Å². The summed E-state index contributed by atoms with van der Waals surface area (Å²) in [7, 11) is 0. The Bertz CT molecular complexity index is 348. The van der Waals surface area contributed by atoms with Crippen molar-refractivity contribution in [1.82, 2.24) is 5.32 Å². The second-order valence-corrected chi connectivity index (χ2v) is 7.99. The molecule has 1 amide bonds. The summed E-state index contributed by atoms with van der Waals surface area (Å²) in [6.07, 6.45) is 10.3. The molecule has 0 aromatic rings. The highest BCUT2D eigenvalue weighted by molar-refractivity contribution is 5.68. The molecule has 2 aliphatic rings. The fraction of sp³-hybridized carbons (Fsp3) is 0.941. The molecule has 0 aromatic carbocycles. The van der Waals surface area contributed by atoms with Gasteiger partial charge in [0.2, 0.25) is 0 Å². The van der Waals surface area contributed by atoms with Crippen LogP contribution in [0.3, 0.4) is 0 Å². The highest BCUT2D eigenvalue weighted by Crippen LogP contribution is 2.39. The molecule has 3 N–H and O–H groups in total. The van der Waals surface area contributed by atoms with Crippen LogP contribution in [0.4, 0.5) is 4.79 Å². The van der Waals surface area contributed by atoms with E-state index >= 15 is 0 Å². The Hall–Kier alpha value is -0.770. The molecule has 122 valence electrons. The topological polar surface area (TPSA) is 64.3 Å². The smallest absolute Gasteiger partial charge is 0.407 e. The van der Waals surface area contributed by atoms with Crippen LogP contribution in [-0.2, 0) is 4.74 Å². The predicted octanol–water partition coefficient (Wildman–Crippen LogP) is 3.73. The Kier molecular flexibility index (Phi) is 5.18. The highest BCUT2D eigenvalue weighted by Gasteiger charge is 2.38. The van der Waals surface area contributed by atoms with Gasteiger partial charge in [-0.05, 0) is 65.2 Å².